The minimum Gasteiger partial charge on any atom is -0.487 e. The first kappa shape index (κ1) is 14.3. The molecule has 0 radical (unpaired) electrons. The van der Waals surface area contributed by atoms with Crippen molar-refractivity contribution in [1.29, 1.82) is 0 Å². The van der Waals surface area contributed by atoms with Gasteiger partial charge in [-0.25, -0.2) is 4.79 Å². The maximum Gasteiger partial charge on any atom is 0.371 e. The molecule has 0 atom stereocenters. The van der Waals surface area contributed by atoms with Gasteiger partial charge in [0.2, 0.25) is 5.76 Å². The summed E-state index contributed by atoms with van der Waals surface area (Å²) in [6.45, 7) is 2.60. The molecule has 0 saturated carbocycles. The van der Waals surface area contributed by atoms with Crippen LogP contribution in [0.3, 0.4) is 0 Å². The summed E-state index contributed by atoms with van der Waals surface area (Å²) in [6, 6.07) is 9.33. The van der Waals surface area contributed by atoms with Crippen molar-refractivity contribution >= 4 is 12.0 Å². The minimum atomic E-state index is -1.02. The van der Waals surface area contributed by atoms with Crippen LogP contribution in [0.5, 0.6) is 0 Å². The molecule has 0 bridgehead atoms. The van der Waals surface area contributed by atoms with E-state index in [9.17, 15) is 4.79 Å². The average Bonchev–Trinajstić information content (AvgIpc) is 2.38. The molecule has 0 amide bonds. The Morgan fingerprint density at radius 3 is 2.56 bits per heavy atom. The zero-order chi connectivity index (χ0) is 13.2. The monoisotopic (exact) mass is 248 g/mol. The van der Waals surface area contributed by atoms with Crippen LogP contribution < -0.4 is 0 Å². The summed E-state index contributed by atoms with van der Waals surface area (Å²) in [5.74, 6) is -1.01. The average molecular weight is 248 g/mol. The van der Waals surface area contributed by atoms with Gasteiger partial charge >= 0.3 is 5.97 Å². The Labute approximate surface area is 108 Å². The number of aliphatic carboxylic acids is 1. The highest BCUT2D eigenvalue weighted by Gasteiger charge is 2.08. The quantitative estimate of drug-likeness (QED) is 0.433. The van der Waals surface area contributed by atoms with Crippen molar-refractivity contribution in [2.24, 2.45) is 0 Å². The second-order valence-electron chi connectivity index (χ2n) is 4.13. The zero-order valence-electron chi connectivity index (χ0n) is 10.8. The van der Waals surface area contributed by atoms with E-state index in [2.05, 4.69) is 6.92 Å². The second-order valence-corrected chi connectivity index (χ2v) is 4.13. The SMILES string of the molecule is CCCCCCOC(=Cc1ccccc1)C(=O)O. The predicted octanol–water partition coefficient (Wildman–Crippen LogP) is 3.71. The number of benzene rings is 1. The number of carbonyl (C=O) groups is 1. The summed E-state index contributed by atoms with van der Waals surface area (Å²) in [4.78, 5) is 11.0. The topological polar surface area (TPSA) is 46.5 Å². The number of carboxylic acids is 1. The Morgan fingerprint density at radius 2 is 1.94 bits per heavy atom. The lowest BCUT2D eigenvalue weighted by Crippen LogP contribution is -2.06. The third-order valence-electron chi connectivity index (χ3n) is 2.56. The number of rotatable bonds is 8. The molecule has 1 aromatic carbocycles. The first-order chi connectivity index (χ1) is 8.74. The molecule has 0 aliphatic rings. The first-order valence-electron chi connectivity index (χ1n) is 6.37. The summed E-state index contributed by atoms with van der Waals surface area (Å²) in [6.07, 6.45) is 5.85. The van der Waals surface area contributed by atoms with E-state index in [0.717, 1.165) is 31.2 Å². The first-order valence-corrected chi connectivity index (χ1v) is 6.37. The molecule has 0 aliphatic heterocycles. The fraction of sp³-hybridized carbons (Fsp3) is 0.400. The van der Waals surface area contributed by atoms with Crippen molar-refractivity contribution in [2.45, 2.75) is 32.6 Å². The molecule has 3 heteroatoms. The Kier molecular flexibility index (Phi) is 6.62. The van der Waals surface area contributed by atoms with Crippen LogP contribution in [0.2, 0.25) is 0 Å². The number of ether oxygens (including phenoxy) is 1. The molecule has 0 aromatic heterocycles. The van der Waals surface area contributed by atoms with E-state index in [0.29, 0.717) is 6.61 Å². The zero-order valence-corrected chi connectivity index (χ0v) is 10.8. The number of hydrogen-bond acceptors (Lipinski definition) is 2. The molecule has 0 heterocycles. The van der Waals surface area contributed by atoms with Crippen molar-refractivity contribution < 1.29 is 14.6 Å². The van der Waals surface area contributed by atoms with Gasteiger partial charge in [0.1, 0.15) is 0 Å². The molecule has 0 saturated heterocycles. The molecular weight excluding hydrogens is 228 g/mol. The Bertz CT molecular complexity index is 382. The van der Waals surface area contributed by atoms with Crippen LogP contribution in [0.25, 0.3) is 6.08 Å². The normalized spacial score (nSPS) is 11.3. The van der Waals surface area contributed by atoms with Crippen molar-refractivity contribution in [3.8, 4) is 0 Å². The maximum absolute atomic E-state index is 11.0. The van der Waals surface area contributed by atoms with Crippen LogP contribution in [-0.4, -0.2) is 17.7 Å². The van der Waals surface area contributed by atoms with Crippen LogP contribution >= 0.6 is 0 Å². The van der Waals surface area contributed by atoms with E-state index in [1.807, 2.05) is 30.3 Å². The minimum absolute atomic E-state index is 0.0118. The van der Waals surface area contributed by atoms with Crippen LogP contribution in [0.1, 0.15) is 38.2 Å². The van der Waals surface area contributed by atoms with Gasteiger partial charge in [-0.05, 0) is 18.1 Å². The van der Waals surface area contributed by atoms with E-state index in [1.54, 1.807) is 6.08 Å². The van der Waals surface area contributed by atoms with E-state index >= 15 is 0 Å². The molecule has 0 fully saturated rings. The van der Waals surface area contributed by atoms with Crippen molar-refractivity contribution in [3.63, 3.8) is 0 Å². The molecule has 0 unspecified atom stereocenters. The summed E-state index contributed by atoms with van der Waals surface area (Å²) in [5, 5.41) is 9.04. The third kappa shape index (κ3) is 5.53. The summed E-state index contributed by atoms with van der Waals surface area (Å²) >= 11 is 0. The summed E-state index contributed by atoms with van der Waals surface area (Å²) in [5.41, 5.74) is 0.837. The molecule has 1 N–H and O–H groups in total. The van der Waals surface area contributed by atoms with Crippen molar-refractivity contribution in [1.82, 2.24) is 0 Å². The lowest BCUT2D eigenvalue weighted by atomic mass is 10.2. The molecule has 98 valence electrons. The van der Waals surface area contributed by atoms with Gasteiger partial charge < -0.3 is 9.84 Å². The molecular formula is C15H20O3. The molecule has 1 aromatic rings. The lowest BCUT2D eigenvalue weighted by molar-refractivity contribution is -0.136. The lowest BCUT2D eigenvalue weighted by Gasteiger charge is -2.06. The van der Waals surface area contributed by atoms with Crippen LogP contribution in [0, 0.1) is 0 Å². The maximum atomic E-state index is 11.0. The van der Waals surface area contributed by atoms with Gasteiger partial charge in [-0.15, -0.1) is 0 Å². The molecule has 0 spiro atoms. The van der Waals surface area contributed by atoms with E-state index in [-0.39, 0.29) is 5.76 Å². The van der Waals surface area contributed by atoms with Gasteiger partial charge in [0.15, 0.2) is 0 Å². The Balaban J connectivity index is 2.50. The molecule has 1 rings (SSSR count). The van der Waals surface area contributed by atoms with Gasteiger partial charge in [-0.2, -0.15) is 0 Å². The predicted molar refractivity (Wildman–Crippen MR) is 72.1 cm³/mol. The third-order valence-corrected chi connectivity index (χ3v) is 2.56. The molecule has 0 aliphatic carbocycles. The van der Waals surface area contributed by atoms with Gasteiger partial charge in [-0.3, -0.25) is 0 Å². The standard InChI is InChI=1S/C15H20O3/c1-2-3-4-8-11-18-14(15(16)17)12-13-9-6-5-7-10-13/h5-7,9-10,12H,2-4,8,11H2,1H3,(H,16,17). The van der Waals surface area contributed by atoms with E-state index in [1.165, 1.54) is 0 Å². The van der Waals surface area contributed by atoms with Gasteiger partial charge in [0.25, 0.3) is 0 Å². The number of carboxylic acid groups (broad SMARTS) is 1. The van der Waals surface area contributed by atoms with Crippen LogP contribution in [-0.2, 0) is 9.53 Å². The Hall–Kier alpha value is -1.77. The van der Waals surface area contributed by atoms with Crippen LogP contribution in [0.4, 0.5) is 0 Å². The fourth-order valence-corrected chi connectivity index (χ4v) is 1.58. The van der Waals surface area contributed by atoms with Crippen molar-refractivity contribution in [2.75, 3.05) is 6.61 Å². The van der Waals surface area contributed by atoms with Crippen molar-refractivity contribution in [3.05, 3.63) is 41.7 Å². The highest BCUT2D eigenvalue weighted by Crippen LogP contribution is 2.09. The number of hydrogen-bond donors (Lipinski definition) is 1. The van der Waals surface area contributed by atoms with Gasteiger partial charge in [-0.1, -0.05) is 56.5 Å². The summed E-state index contributed by atoms with van der Waals surface area (Å²) in [7, 11) is 0. The summed E-state index contributed by atoms with van der Waals surface area (Å²) < 4.78 is 5.32. The second kappa shape index (κ2) is 8.34. The highest BCUT2D eigenvalue weighted by atomic mass is 16.5. The van der Waals surface area contributed by atoms with E-state index in [4.69, 9.17) is 9.84 Å². The number of unbranched alkanes of at least 4 members (excludes halogenated alkanes) is 3. The Morgan fingerprint density at radius 1 is 1.22 bits per heavy atom. The van der Waals surface area contributed by atoms with E-state index < -0.39 is 5.97 Å². The molecule has 18 heavy (non-hydrogen) atoms. The fourth-order valence-electron chi connectivity index (χ4n) is 1.58. The highest BCUT2D eigenvalue weighted by molar-refractivity contribution is 5.89. The van der Waals surface area contributed by atoms with Gasteiger partial charge in [0.05, 0.1) is 6.61 Å². The van der Waals surface area contributed by atoms with Crippen LogP contribution in [0.15, 0.2) is 36.1 Å². The van der Waals surface area contributed by atoms with Gasteiger partial charge in [0, 0.05) is 0 Å². The molecule has 3 nitrogen and oxygen atoms in total. The smallest absolute Gasteiger partial charge is 0.371 e. The largest absolute Gasteiger partial charge is 0.487 e.